The summed E-state index contributed by atoms with van der Waals surface area (Å²) in [7, 11) is 0. The third-order valence-corrected chi connectivity index (χ3v) is 5.85. The summed E-state index contributed by atoms with van der Waals surface area (Å²) in [6.07, 6.45) is 1.22. The molecule has 2 saturated heterocycles. The molecule has 4 rings (SSSR count). The molecule has 160 valence electrons. The average molecular weight is 430 g/mol. The quantitative estimate of drug-likeness (QED) is 0.728. The number of hydrogen-bond acceptors (Lipinski definition) is 6. The minimum absolute atomic E-state index is 0.197. The van der Waals surface area contributed by atoms with Gasteiger partial charge in [0.05, 0.1) is 13.2 Å². The van der Waals surface area contributed by atoms with Crippen molar-refractivity contribution in [3.05, 3.63) is 46.7 Å². The van der Waals surface area contributed by atoms with E-state index < -0.39 is 0 Å². The Balaban J connectivity index is 1.32. The summed E-state index contributed by atoms with van der Waals surface area (Å²) >= 11 is 6.03. The minimum Gasteiger partial charge on any atom is -0.378 e. The maximum Gasteiger partial charge on any atom is 0.223 e. The number of benzene rings is 1. The van der Waals surface area contributed by atoms with Crippen molar-refractivity contribution in [3.8, 4) is 0 Å². The molecule has 0 aliphatic carbocycles. The summed E-state index contributed by atoms with van der Waals surface area (Å²) in [5.41, 5.74) is 1.10. The Morgan fingerprint density at radius 1 is 1.00 bits per heavy atom. The summed E-state index contributed by atoms with van der Waals surface area (Å²) in [5.74, 6) is 2.87. The molecule has 3 heterocycles. The minimum atomic E-state index is 0.197. The molecule has 0 unspecified atom stereocenters. The van der Waals surface area contributed by atoms with Crippen LogP contribution in [0.3, 0.4) is 0 Å². The molecule has 2 fully saturated rings. The molecule has 1 aromatic carbocycles. The Kier molecular flexibility index (Phi) is 6.69. The van der Waals surface area contributed by atoms with Gasteiger partial charge in [0.2, 0.25) is 5.91 Å². The van der Waals surface area contributed by atoms with Gasteiger partial charge in [0.1, 0.15) is 17.5 Å². The van der Waals surface area contributed by atoms with Crippen LogP contribution in [0.25, 0.3) is 0 Å². The predicted octanol–water partition coefficient (Wildman–Crippen LogP) is 2.56. The van der Waals surface area contributed by atoms with Gasteiger partial charge in [0, 0.05) is 56.8 Å². The summed E-state index contributed by atoms with van der Waals surface area (Å²) in [5, 5.41) is 0.713. The first-order chi connectivity index (χ1) is 14.6. The van der Waals surface area contributed by atoms with Crippen LogP contribution in [0.2, 0.25) is 5.02 Å². The normalized spacial score (nSPS) is 17.3. The van der Waals surface area contributed by atoms with Gasteiger partial charge in [-0.25, -0.2) is 9.97 Å². The molecule has 8 heteroatoms. The smallest absolute Gasteiger partial charge is 0.223 e. The number of halogens is 1. The van der Waals surface area contributed by atoms with Gasteiger partial charge in [0.15, 0.2) is 0 Å². The number of aryl methyl sites for hydroxylation is 2. The van der Waals surface area contributed by atoms with Crippen LogP contribution in [0, 0.1) is 6.92 Å². The summed E-state index contributed by atoms with van der Waals surface area (Å²) < 4.78 is 5.45. The van der Waals surface area contributed by atoms with Crippen molar-refractivity contribution in [2.45, 2.75) is 19.8 Å². The van der Waals surface area contributed by atoms with Gasteiger partial charge in [-0.1, -0.05) is 23.7 Å². The van der Waals surface area contributed by atoms with Crippen molar-refractivity contribution >= 4 is 29.1 Å². The first kappa shape index (κ1) is 20.9. The molecule has 1 amide bonds. The molecule has 0 N–H and O–H groups in total. The lowest BCUT2D eigenvalue weighted by atomic mass is 10.1. The number of anilines is 2. The van der Waals surface area contributed by atoms with Gasteiger partial charge in [-0.3, -0.25) is 4.79 Å². The highest BCUT2D eigenvalue weighted by Gasteiger charge is 2.23. The lowest BCUT2D eigenvalue weighted by molar-refractivity contribution is -0.131. The maximum atomic E-state index is 12.6. The highest BCUT2D eigenvalue weighted by atomic mass is 35.5. The molecular weight excluding hydrogens is 402 g/mol. The maximum absolute atomic E-state index is 12.6. The van der Waals surface area contributed by atoms with Crippen LogP contribution in [0.15, 0.2) is 30.3 Å². The second-order valence-corrected chi connectivity index (χ2v) is 8.17. The van der Waals surface area contributed by atoms with Crippen molar-refractivity contribution in [1.82, 2.24) is 14.9 Å². The number of carbonyl (C=O) groups is 1. The zero-order valence-corrected chi connectivity index (χ0v) is 18.1. The number of rotatable bonds is 5. The van der Waals surface area contributed by atoms with Crippen LogP contribution in [0.4, 0.5) is 11.6 Å². The fourth-order valence-corrected chi connectivity index (χ4v) is 4.15. The Morgan fingerprint density at radius 2 is 1.67 bits per heavy atom. The molecule has 0 saturated carbocycles. The molecule has 2 aromatic rings. The van der Waals surface area contributed by atoms with Crippen molar-refractivity contribution < 1.29 is 9.53 Å². The Bertz CT molecular complexity index is 880. The second kappa shape index (κ2) is 9.62. The Morgan fingerprint density at radius 3 is 2.33 bits per heavy atom. The van der Waals surface area contributed by atoms with Gasteiger partial charge in [-0.05, 0) is 31.0 Å². The second-order valence-electron chi connectivity index (χ2n) is 7.73. The highest BCUT2D eigenvalue weighted by Crippen LogP contribution is 2.21. The van der Waals surface area contributed by atoms with Crippen molar-refractivity contribution in [1.29, 1.82) is 0 Å². The molecule has 2 aliphatic heterocycles. The molecule has 0 radical (unpaired) electrons. The van der Waals surface area contributed by atoms with E-state index in [4.69, 9.17) is 16.3 Å². The van der Waals surface area contributed by atoms with Crippen LogP contribution in [0.1, 0.15) is 17.8 Å². The van der Waals surface area contributed by atoms with E-state index in [1.807, 2.05) is 36.1 Å². The van der Waals surface area contributed by atoms with E-state index in [1.165, 1.54) is 0 Å². The number of piperazine rings is 1. The molecule has 2 aliphatic rings. The van der Waals surface area contributed by atoms with Crippen LogP contribution in [-0.2, 0) is 16.0 Å². The number of hydrogen-bond donors (Lipinski definition) is 0. The standard InChI is InChI=1S/C22H28ClN5O2/c1-17-24-20(16-21(25-17)27-11-13-30-14-12-27)26-7-9-28(10-8-26)22(29)6-5-18-3-2-4-19(23)15-18/h2-4,15-16H,5-14H2,1H3. The summed E-state index contributed by atoms with van der Waals surface area (Å²) in [6, 6.07) is 9.78. The van der Waals surface area contributed by atoms with E-state index in [1.54, 1.807) is 0 Å². The van der Waals surface area contributed by atoms with E-state index in [-0.39, 0.29) is 5.91 Å². The van der Waals surface area contributed by atoms with Gasteiger partial charge in [0.25, 0.3) is 0 Å². The third-order valence-electron chi connectivity index (χ3n) is 5.62. The molecule has 0 bridgehead atoms. The number of morpholine rings is 1. The third kappa shape index (κ3) is 5.21. The fourth-order valence-electron chi connectivity index (χ4n) is 3.94. The van der Waals surface area contributed by atoms with E-state index in [2.05, 4.69) is 25.8 Å². The Hall–Kier alpha value is -2.38. The number of aromatic nitrogens is 2. The SMILES string of the molecule is Cc1nc(N2CCOCC2)cc(N2CCN(C(=O)CCc3cccc(Cl)c3)CC2)n1. The van der Waals surface area contributed by atoms with E-state index in [9.17, 15) is 4.79 Å². The van der Waals surface area contributed by atoms with E-state index >= 15 is 0 Å². The number of nitrogens with zero attached hydrogens (tertiary/aromatic N) is 5. The first-order valence-corrected chi connectivity index (χ1v) is 10.9. The predicted molar refractivity (Wildman–Crippen MR) is 118 cm³/mol. The lowest BCUT2D eigenvalue weighted by Crippen LogP contribution is -2.49. The van der Waals surface area contributed by atoms with E-state index in [0.717, 1.165) is 62.4 Å². The molecule has 7 nitrogen and oxygen atoms in total. The fraction of sp³-hybridized carbons (Fsp3) is 0.500. The van der Waals surface area contributed by atoms with Gasteiger partial charge < -0.3 is 19.4 Å². The molecule has 0 spiro atoms. The molecular formula is C22H28ClN5O2. The first-order valence-electron chi connectivity index (χ1n) is 10.5. The zero-order valence-electron chi connectivity index (χ0n) is 17.4. The Labute approximate surface area is 182 Å². The lowest BCUT2D eigenvalue weighted by Gasteiger charge is -2.36. The largest absolute Gasteiger partial charge is 0.378 e. The summed E-state index contributed by atoms with van der Waals surface area (Å²) in [4.78, 5) is 28.4. The number of amides is 1. The van der Waals surface area contributed by atoms with Crippen molar-refractivity contribution in [3.63, 3.8) is 0 Å². The zero-order chi connectivity index (χ0) is 20.9. The van der Waals surface area contributed by atoms with Crippen LogP contribution in [0.5, 0.6) is 0 Å². The van der Waals surface area contributed by atoms with Gasteiger partial charge >= 0.3 is 0 Å². The topological polar surface area (TPSA) is 61.8 Å². The molecule has 0 atom stereocenters. The van der Waals surface area contributed by atoms with Crippen LogP contribution < -0.4 is 9.80 Å². The van der Waals surface area contributed by atoms with Crippen LogP contribution >= 0.6 is 11.6 Å². The number of carbonyl (C=O) groups excluding carboxylic acids is 1. The van der Waals surface area contributed by atoms with E-state index in [0.29, 0.717) is 31.0 Å². The van der Waals surface area contributed by atoms with Crippen LogP contribution in [-0.4, -0.2) is 73.3 Å². The van der Waals surface area contributed by atoms with Gasteiger partial charge in [-0.15, -0.1) is 0 Å². The van der Waals surface area contributed by atoms with Crippen molar-refractivity contribution in [2.75, 3.05) is 62.3 Å². The highest BCUT2D eigenvalue weighted by molar-refractivity contribution is 6.30. The monoisotopic (exact) mass is 429 g/mol. The van der Waals surface area contributed by atoms with Gasteiger partial charge in [-0.2, -0.15) is 0 Å². The van der Waals surface area contributed by atoms with Crippen molar-refractivity contribution in [2.24, 2.45) is 0 Å². The number of ether oxygens (including phenoxy) is 1. The molecule has 1 aromatic heterocycles. The molecule has 30 heavy (non-hydrogen) atoms. The summed E-state index contributed by atoms with van der Waals surface area (Å²) in [6.45, 7) is 8.08. The average Bonchev–Trinajstić information content (AvgIpc) is 2.78.